The molecular formula is C16H15ClN4O2S. The van der Waals surface area contributed by atoms with E-state index in [0.717, 1.165) is 15.4 Å². The molecule has 0 saturated carbocycles. The fourth-order valence-corrected chi connectivity index (χ4v) is 2.67. The average molecular weight is 363 g/mol. The lowest BCUT2D eigenvalue weighted by atomic mass is 10.2. The molecule has 3 rings (SSSR count). The second kappa shape index (κ2) is 6.62. The highest BCUT2D eigenvalue weighted by Gasteiger charge is 2.19. The standard InChI is InChI=1S/C16H15ClN4O2S/c1-20(2)12-7-4-8-13-14(12)15(19-23-13)18-16(22)21(24)11-6-3-5-10(17)9-11/h3-9,24H,1-2H3,(H,18,19,22). The molecule has 2 aromatic carbocycles. The van der Waals surface area contributed by atoms with Crippen LogP contribution in [-0.4, -0.2) is 25.3 Å². The molecule has 0 spiro atoms. The Balaban J connectivity index is 1.91. The molecule has 1 aromatic heterocycles. The minimum atomic E-state index is -0.468. The molecule has 0 saturated heterocycles. The molecule has 2 amide bonds. The fraction of sp³-hybridized carbons (Fsp3) is 0.125. The van der Waals surface area contributed by atoms with E-state index in [-0.39, 0.29) is 0 Å². The van der Waals surface area contributed by atoms with Gasteiger partial charge in [-0.1, -0.05) is 41.7 Å². The minimum absolute atomic E-state index is 0.334. The predicted molar refractivity (Wildman–Crippen MR) is 100 cm³/mol. The molecular weight excluding hydrogens is 348 g/mol. The van der Waals surface area contributed by atoms with Gasteiger partial charge in [0.25, 0.3) is 0 Å². The fourth-order valence-electron chi connectivity index (χ4n) is 2.31. The monoisotopic (exact) mass is 362 g/mol. The van der Waals surface area contributed by atoms with Crippen LogP contribution in [0.15, 0.2) is 47.0 Å². The zero-order valence-corrected chi connectivity index (χ0v) is 14.7. The van der Waals surface area contributed by atoms with Crippen LogP contribution >= 0.6 is 24.4 Å². The highest BCUT2D eigenvalue weighted by molar-refractivity contribution is 7.82. The maximum atomic E-state index is 12.4. The zero-order chi connectivity index (χ0) is 17.3. The summed E-state index contributed by atoms with van der Waals surface area (Å²) >= 11 is 10.2. The summed E-state index contributed by atoms with van der Waals surface area (Å²) in [5, 5.41) is 7.91. The predicted octanol–water partition coefficient (Wildman–Crippen LogP) is 4.43. The van der Waals surface area contributed by atoms with Crippen molar-refractivity contribution >= 4 is 58.6 Å². The van der Waals surface area contributed by atoms with Crippen molar-refractivity contribution in [3.63, 3.8) is 0 Å². The molecule has 3 aromatic rings. The first-order valence-electron chi connectivity index (χ1n) is 7.08. The van der Waals surface area contributed by atoms with Crippen molar-refractivity contribution in [3.8, 4) is 0 Å². The van der Waals surface area contributed by atoms with Gasteiger partial charge >= 0.3 is 6.03 Å². The van der Waals surface area contributed by atoms with Gasteiger partial charge in [0.05, 0.1) is 16.8 Å². The molecule has 8 heteroatoms. The lowest BCUT2D eigenvalue weighted by Gasteiger charge is -2.17. The van der Waals surface area contributed by atoms with Crippen molar-refractivity contribution in [2.24, 2.45) is 0 Å². The number of halogens is 1. The van der Waals surface area contributed by atoms with Gasteiger partial charge in [0.1, 0.15) is 0 Å². The van der Waals surface area contributed by atoms with Crippen LogP contribution in [0.25, 0.3) is 11.0 Å². The Morgan fingerprint density at radius 2 is 2.00 bits per heavy atom. The molecule has 0 fully saturated rings. The Hall–Kier alpha value is -2.38. The van der Waals surface area contributed by atoms with Crippen molar-refractivity contribution in [2.75, 3.05) is 28.6 Å². The summed E-state index contributed by atoms with van der Waals surface area (Å²) in [5.41, 5.74) is 2.02. The number of anilines is 3. The van der Waals surface area contributed by atoms with Gasteiger partial charge in [-0.3, -0.25) is 5.32 Å². The van der Waals surface area contributed by atoms with Crippen molar-refractivity contribution in [3.05, 3.63) is 47.5 Å². The quantitative estimate of drug-likeness (QED) is 0.676. The number of thiol groups is 1. The van der Waals surface area contributed by atoms with E-state index in [1.807, 2.05) is 31.1 Å². The van der Waals surface area contributed by atoms with Crippen LogP contribution in [0, 0.1) is 0 Å². The summed E-state index contributed by atoms with van der Waals surface area (Å²) in [6.45, 7) is 0. The van der Waals surface area contributed by atoms with Crippen molar-refractivity contribution in [1.82, 2.24) is 5.16 Å². The summed E-state index contributed by atoms with van der Waals surface area (Å²) < 4.78 is 6.45. The first-order chi connectivity index (χ1) is 11.5. The molecule has 0 atom stereocenters. The highest BCUT2D eigenvalue weighted by Crippen LogP contribution is 2.32. The number of nitrogens with zero attached hydrogens (tertiary/aromatic N) is 3. The number of hydrogen-bond acceptors (Lipinski definition) is 5. The van der Waals surface area contributed by atoms with Gasteiger partial charge < -0.3 is 9.42 Å². The van der Waals surface area contributed by atoms with Gasteiger partial charge in [-0.15, -0.1) is 0 Å². The van der Waals surface area contributed by atoms with Crippen LogP contribution in [0.3, 0.4) is 0 Å². The number of carbonyl (C=O) groups is 1. The molecule has 0 aliphatic carbocycles. The van der Waals surface area contributed by atoms with E-state index >= 15 is 0 Å². The molecule has 0 aliphatic rings. The van der Waals surface area contributed by atoms with E-state index in [1.165, 1.54) is 0 Å². The van der Waals surface area contributed by atoms with Crippen molar-refractivity contribution in [1.29, 1.82) is 0 Å². The normalized spacial score (nSPS) is 10.7. The molecule has 1 heterocycles. The number of urea groups is 1. The van der Waals surface area contributed by atoms with Gasteiger partial charge in [-0.05, 0) is 30.3 Å². The number of fused-ring (bicyclic) bond motifs is 1. The number of rotatable bonds is 3. The number of nitrogens with one attached hydrogen (secondary N) is 1. The number of carbonyl (C=O) groups excluding carboxylic acids is 1. The van der Waals surface area contributed by atoms with E-state index in [4.69, 9.17) is 16.1 Å². The molecule has 0 aliphatic heterocycles. The van der Waals surface area contributed by atoms with E-state index in [0.29, 0.717) is 22.1 Å². The number of hydrogen-bond donors (Lipinski definition) is 2. The van der Waals surface area contributed by atoms with Crippen LogP contribution in [0.1, 0.15) is 0 Å². The smallest absolute Gasteiger partial charge is 0.337 e. The Kier molecular flexibility index (Phi) is 4.55. The van der Waals surface area contributed by atoms with E-state index < -0.39 is 6.03 Å². The van der Waals surface area contributed by atoms with Gasteiger partial charge in [0.2, 0.25) is 0 Å². The first-order valence-corrected chi connectivity index (χ1v) is 7.86. The molecule has 0 bridgehead atoms. The van der Waals surface area contributed by atoms with Gasteiger partial charge in [0, 0.05) is 19.1 Å². The Labute approximate surface area is 149 Å². The largest absolute Gasteiger partial charge is 0.377 e. The Bertz CT molecular complexity index is 897. The number of aromatic nitrogens is 1. The summed E-state index contributed by atoms with van der Waals surface area (Å²) in [7, 11) is 3.81. The SMILES string of the molecule is CN(C)c1cccc2onc(NC(=O)N(S)c3cccc(Cl)c3)c12. The average Bonchev–Trinajstić information content (AvgIpc) is 2.97. The first kappa shape index (κ1) is 16.5. The van der Waals surface area contributed by atoms with Crippen LogP contribution in [0.2, 0.25) is 5.02 Å². The Morgan fingerprint density at radius 3 is 2.71 bits per heavy atom. The van der Waals surface area contributed by atoms with Gasteiger partial charge in [0.15, 0.2) is 11.4 Å². The lowest BCUT2D eigenvalue weighted by molar-refractivity contribution is 0.260. The summed E-state index contributed by atoms with van der Waals surface area (Å²) in [4.78, 5) is 14.4. The maximum absolute atomic E-state index is 12.4. The molecule has 124 valence electrons. The number of benzene rings is 2. The highest BCUT2D eigenvalue weighted by atomic mass is 35.5. The summed E-state index contributed by atoms with van der Waals surface area (Å²) in [6, 6.07) is 11.9. The molecule has 6 nitrogen and oxygen atoms in total. The maximum Gasteiger partial charge on any atom is 0.337 e. The van der Waals surface area contributed by atoms with Crippen LogP contribution in [0.5, 0.6) is 0 Å². The number of amides is 2. The summed E-state index contributed by atoms with van der Waals surface area (Å²) in [5.74, 6) is 0.334. The van der Waals surface area contributed by atoms with E-state index in [9.17, 15) is 4.79 Å². The topological polar surface area (TPSA) is 61.6 Å². The second-order valence-corrected chi connectivity index (χ2v) is 6.13. The zero-order valence-electron chi connectivity index (χ0n) is 13.0. The van der Waals surface area contributed by atoms with Gasteiger partial charge in [-0.2, -0.15) is 0 Å². The lowest BCUT2D eigenvalue weighted by Crippen LogP contribution is -2.27. The molecule has 0 radical (unpaired) electrons. The minimum Gasteiger partial charge on any atom is -0.377 e. The van der Waals surface area contributed by atoms with Crippen LogP contribution in [-0.2, 0) is 0 Å². The van der Waals surface area contributed by atoms with E-state index in [1.54, 1.807) is 30.3 Å². The molecule has 24 heavy (non-hydrogen) atoms. The van der Waals surface area contributed by atoms with E-state index in [2.05, 4.69) is 23.3 Å². The third-order valence-electron chi connectivity index (χ3n) is 3.43. The molecule has 0 unspecified atom stereocenters. The van der Waals surface area contributed by atoms with Crippen molar-refractivity contribution in [2.45, 2.75) is 0 Å². The molecule has 1 N–H and O–H groups in total. The third kappa shape index (κ3) is 3.13. The van der Waals surface area contributed by atoms with Crippen LogP contribution < -0.4 is 14.5 Å². The second-order valence-electron chi connectivity index (χ2n) is 5.30. The van der Waals surface area contributed by atoms with Gasteiger partial charge in [-0.25, -0.2) is 9.10 Å². The van der Waals surface area contributed by atoms with Crippen LogP contribution in [0.4, 0.5) is 22.0 Å². The third-order valence-corrected chi connectivity index (χ3v) is 4.08. The Morgan fingerprint density at radius 1 is 1.25 bits per heavy atom. The summed E-state index contributed by atoms with van der Waals surface area (Å²) in [6.07, 6.45) is 0. The van der Waals surface area contributed by atoms with Crippen molar-refractivity contribution < 1.29 is 9.32 Å².